The van der Waals surface area contributed by atoms with Crippen LogP contribution in [0.3, 0.4) is 0 Å². The van der Waals surface area contributed by atoms with Crippen LogP contribution < -0.4 is 5.73 Å². The molecule has 4 heteroatoms. The van der Waals surface area contributed by atoms with Crippen molar-refractivity contribution < 1.29 is 13.2 Å². The van der Waals surface area contributed by atoms with E-state index in [0.29, 0.717) is 5.56 Å². The third-order valence-corrected chi connectivity index (χ3v) is 4.04. The van der Waals surface area contributed by atoms with E-state index < -0.39 is 17.3 Å². The van der Waals surface area contributed by atoms with Crippen molar-refractivity contribution in [3.8, 4) is 0 Å². The Labute approximate surface area is 112 Å². The summed E-state index contributed by atoms with van der Waals surface area (Å²) in [4.78, 5) is 0. The molecule has 0 heterocycles. The lowest BCUT2D eigenvalue weighted by molar-refractivity contribution is -0.137. The van der Waals surface area contributed by atoms with Gasteiger partial charge >= 0.3 is 6.18 Å². The molecule has 1 fully saturated rings. The van der Waals surface area contributed by atoms with Crippen LogP contribution in [0.5, 0.6) is 0 Å². The first-order valence-electron chi connectivity index (χ1n) is 6.59. The number of nitrogens with two attached hydrogens (primary N) is 1. The molecule has 0 radical (unpaired) electrons. The van der Waals surface area contributed by atoms with Crippen molar-refractivity contribution >= 4 is 0 Å². The first-order valence-corrected chi connectivity index (χ1v) is 6.59. The van der Waals surface area contributed by atoms with Gasteiger partial charge in [0.25, 0.3) is 0 Å². The molecule has 2 N–H and O–H groups in total. The van der Waals surface area contributed by atoms with Crippen molar-refractivity contribution in [1.82, 2.24) is 0 Å². The summed E-state index contributed by atoms with van der Waals surface area (Å²) in [5, 5.41) is 0. The predicted octanol–water partition coefficient (Wildman–Crippen LogP) is 4.46. The normalized spacial score (nSPS) is 27.3. The highest BCUT2D eigenvalue weighted by atomic mass is 19.4. The molecule has 1 aromatic rings. The number of alkyl halides is 3. The van der Waals surface area contributed by atoms with Crippen LogP contribution in [0.1, 0.15) is 50.7 Å². The Morgan fingerprint density at radius 2 is 1.84 bits per heavy atom. The fraction of sp³-hybridized carbons (Fsp3) is 0.600. The molecule has 1 unspecified atom stereocenters. The molecule has 106 valence electrons. The van der Waals surface area contributed by atoms with E-state index >= 15 is 0 Å². The van der Waals surface area contributed by atoms with Crippen LogP contribution in [-0.2, 0) is 11.7 Å². The molecule has 0 bridgehead atoms. The standard InChI is InChI=1S/C15H20F3N/c1-13(2)7-4-8-14(19,10-13)11-5-3-6-12(9-11)15(16,17)18/h3,5-6,9H,4,7-8,10,19H2,1-2H3. The maximum Gasteiger partial charge on any atom is 0.416 e. The van der Waals surface area contributed by atoms with Crippen LogP contribution in [0.15, 0.2) is 24.3 Å². The second-order valence-electron chi connectivity index (χ2n) is 6.43. The largest absolute Gasteiger partial charge is 0.416 e. The molecule has 19 heavy (non-hydrogen) atoms. The van der Waals surface area contributed by atoms with Crippen molar-refractivity contribution in [3.05, 3.63) is 35.4 Å². The van der Waals surface area contributed by atoms with E-state index in [9.17, 15) is 13.2 Å². The average molecular weight is 271 g/mol. The van der Waals surface area contributed by atoms with Gasteiger partial charge in [-0.05, 0) is 42.4 Å². The van der Waals surface area contributed by atoms with Crippen LogP contribution in [0, 0.1) is 5.41 Å². The first-order chi connectivity index (χ1) is 8.62. The van der Waals surface area contributed by atoms with E-state index in [1.54, 1.807) is 6.07 Å². The van der Waals surface area contributed by atoms with Crippen molar-refractivity contribution in [2.24, 2.45) is 11.1 Å². The van der Waals surface area contributed by atoms with Crippen molar-refractivity contribution in [2.45, 2.75) is 51.2 Å². The van der Waals surface area contributed by atoms with Gasteiger partial charge in [0.1, 0.15) is 0 Å². The van der Waals surface area contributed by atoms with E-state index in [4.69, 9.17) is 5.73 Å². The third-order valence-electron chi connectivity index (χ3n) is 4.04. The molecule has 1 nitrogen and oxygen atoms in total. The lowest BCUT2D eigenvalue weighted by atomic mass is 9.66. The van der Waals surface area contributed by atoms with Crippen LogP contribution in [0.2, 0.25) is 0 Å². The average Bonchev–Trinajstić information content (AvgIpc) is 2.26. The van der Waals surface area contributed by atoms with E-state index in [1.165, 1.54) is 12.1 Å². The zero-order valence-corrected chi connectivity index (χ0v) is 11.3. The Morgan fingerprint density at radius 1 is 1.16 bits per heavy atom. The molecule has 1 aliphatic carbocycles. The lowest BCUT2D eigenvalue weighted by Crippen LogP contribution is -2.44. The van der Waals surface area contributed by atoms with Crippen LogP contribution >= 0.6 is 0 Å². The van der Waals surface area contributed by atoms with E-state index in [-0.39, 0.29) is 5.41 Å². The minimum Gasteiger partial charge on any atom is -0.321 e. The zero-order chi connectivity index (χ0) is 14.3. The van der Waals surface area contributed by atoms with E-state index in [0.717, 1.165) is 31.7 Å². The maximum atomic E-state index is 12.8. The highest BCUT2D eigenvalue weighted by Gasteiger charge is 2.39. The number of halogens is 3. The highest BCUT2D eigenvalue weighted by molar-refractivity contribution is 5.31. The van der Waals surface area contributed by atoms with Crippen molar-refractivity contribution in [1.29, 1.82) is 0 Å². The minimum atomic E-state index is -4.31. The first kappa shape index (κ1) is 14.4. The lowest BCUT2D eigenvalue weighted by Gasteiger charge is -2.43. The Kier molecular flexibility index (Phi) is 3.42. The maximum absolute atomic E-state index is 12.8. The SMILES string of the molecule is CC1(C)CCCC(N)(c2cccc(C(F)(F)F)c2)C1. The summed E-state index contributed by atoms with van der Waals surface area (Å²) in [5.41, 5.74) is 5.84. The monoisotopic (exact) mass is 271 g/mol. The Morgan fingerprint density at radius 3 is 2.42 bits per heavy atom. The Balaban J connectivity index is 2.36. The molecule has 0 saturated heterocycles. The van der Waals surface area contributed by atoms with E-state index in [2.05, 4.69) is 13.8 Å². The number of benzene rings is 1. The van der Waals surface area contributed by atoms with Gasteiger partial charge in [0.2, 0.25) is 0 Å². The molecule has 1 atom stereocenters. The molecule has 0 spiro atoms. The summed E-state index contributed by atoms with van der Waals surface area (Å²) in [6.07, 6.45) is -0.805. The van der Waals surface area contributed by atoms with Crippen molar-refractivity contribution in [2.75, 3.05) is 0 Å². The molecule has 1 aliphatic rings. The summed E-state index contributed by atoms with van der Waals surface area (Å²) in [6.45, 7) is 4.25. The second-order valence-corrected chi connectivity index (χ2v) is 6.43. The van der Waals surface area contributed by atoms with Gasteiger partial charge in [-0.25, -0.2) is 0 Å². The van der Waals surface area contributed by atoms with Crippen molar-refractivity contribution in [3.63, 3.8) is 0 Å². The minimum absolute atomic E-state index is 0.0846. The summed E-state index contributed by atoms with van der Waals surface area (Å²) >= 11 is 0. The summed E-state index contributed by atoms with van der Waals surface area (Å²) in [7, 11) is 0. The Hall–Kier alpha value is -1.03. The number of hydrogen-bond donors (Lipinski definition) is 1. The second kappa shape index (κ2) is 4.51. The fourth-order valence-corrected chi connectivity index (χ4v) is 3.16. The summed E-state index contributed by atoms with van der Waals surface area (Å²) in [5.74, 6) is 0. The third kappa shape index (κ3) is 3.11. The fourth-order valence-electron chi connectivity index (χ4n) is 3.16. The molecule has 0 aromatic heterocycles. The molecule has 1 saturated carbocycles. The van der Waals surface area contributed by atoms with Gasteiger partial charge in [-0.1, -0.05) is 32.4 Å². The van der Waals surface area contributed by atoms with E-state index in [1.807, 2.05) is 0 Å². The van der Waals surface area contributed by atoms with Crippen LogP contribution in [0.25, 0.3) is 0 Å². The predicted molar refractivity (Wildman–Crippen MR) is 69.6 cm³/mol. The van der Waals surface area contributed by atoms with Crippen LogP contribution in [-0.4, -0.2) is 0 Å². The topological polar surface area (TPSA) is 26.0 Å². The zero-order valence-electron chi connectivity index (χ0n) is 11.3. The van der Waals surface area contributed by atoms with Gasteiger partial charge in [0.15, 0.2) is 0 Å². The van der Waals surface area contributed by atoms with Gasteiger partial charge in [-0.3, -0.25) is 0 Å². The quantitative estimate of drug-likeness (QED) is 0.801. The molecular formula is C15H20F3N. The summed E-state index contributed by atoms with van der Waals surface area (Å²) in [6, 6.07) is 5.48. The smallest absolute Gasteiger partial charge is 0.321 e. The van der Waals surface area contributed by atoms with Gasteiger partial charge in [-0.2, -0.15) is 13.2 Å². The van der Waals surface area contributed by atoms with Gasteiger partial charge in [0.05, 0.1) is 5.56 Å². The molecule has 0 amide bonds. The van der Waals surface area contributed by atoms with Gasteiger partial charge in [-0.15, -0.1) is 0 Å². The van der Waals surface area contributed by atoms with Crippen LogP contribution in [0.4, 0.5) is 13.2 Å². The Bertz CT molecular complexity index is 465. The molecule has 0 aliphatic heterocycles. The van der Waals surface area contributed by atoms with Gasteiger partial charge < -0.3 is 5.73 Å². The van der Waals surface area contributed by atoms with Gasteiger partial charge in [0, 0.05) is 5.54 Å². The summed E-state index contributed by atoms with van der Waals surface area (Å²) < 4.78 is 38.3. The molecule has 1 aromatic carbocycles. The molecular weight excluding hydrogens is 251 g/mol. The number of hydrogen-bond acceptors (Lipinski definition) is 1. The highest BCUT2D eigenvalue weighted by Crippen LogP contribution is 2.45. The molecule has 2 rings (SSSR count). The number of rotatable bonds is 1.